The van der Waals surface area contributed by atoms with Crippen LogP contribution in [0.1, 0.15) is 112 Å². The fourth-order valence-corrected chi connectivity index (χ4v) is 9.06. The van der Waals surface area contributed by atoms with Crippen molar-refractivity contribution < 1.29 is 46.9 Å². The third-order valence-electron chi connectivity index (χ3n) is 12.3. The van der Waals surface area contributed by atoms with Crippen LogP contribution in [0.3, 0.4) is 0 Å². The Kier molecular flexibility index (Phi) is 4.40. The normalized spacial score (nSPS) is 20.0. The van der Waals surface area contributed by atoms with E-state index in [2.05, 4.69) is 0 Å². The Hall–Kier alpha value is -7.16. The molecule has 2 nitrogen and oxygen atoms in total. The maximum atomic E-state index is 10.8. The SMILES string of the molecule is [2H]c1c([2H])c([2H])c(-c2c([2H])c(C)c(-c3c(C)c(C)c(N(c4c([2H])c(C)c5c(c4[2H])C(C([2H])([2H])[2H])(C([2H])([2H])[2H])c4c([2H])c(C)c([2H])c([2H])c4-5)c4c([2H])c5c(oc6c([2H])c([2H])c(-c7c([2H])c([2H])c([2H])c([2H])c7[2H])c([2H])c65)c5c([2H])c([2H])c([2H])c([2H])c45)c(C)c3C)c([2H])c2C)c([2H])c1[2H]. The summed E-state index contributed by atoms with van der Waals surface area (Å²) >= 11 is 0. The molecule has 9 aromatic carbocycles. The van der Waals surface area contributed by atoms with Crippen molar-refractivity contribution in [2.45, 2.75) is 74.5 Å². The summed E-state index contributed by atoms with van der Waals surface area (Å²) in [6, 6.07) is -19.5. The highest BCUT2D eigenvalue weighted by Crippen LogP contribution is 2.55. The molecule has 1 heterocycles. The Bertz CT molecular complexity index is 5180. The molecule has 0 amide bonds. The van der Waals surface area contributed by atoms with Crippen molar-refractivity contribution in [3.8, 4) is 44.5 Å². The quantitative estimate of drug-likeness (QED) is 0.165. The predicted octanol–water partition coefficient (Wildman–Crippen LogP) is 18.0. The first-order valence-corrected chi connectivity index (χ1v) is 20.6. The summed E-state index contributed by atoms with van der Waals surface area (Å²) in [4.78, 5) is 1.03. The van der Waals surface area contributed by atoms with E-state index < -0.39 is 236 Å². The molecule has 0 spiro atoms. The van der Waals surface area contributed by atoms with E-state index in [-0.39, 0.29) is 84.5 Å². The van der Waals surface area contributed by atoms with Gasteiger partial charge >= 0.3 is 0 Å². The molecule has 0 saturated heterocycles. The zero-order chi connectivity index (χ0) is 71.8. The predicted molar refractivity (Wildman–Crippen MR) is 278 cm³/mol. The van der Waals surface area contributed by atoms with Crippen LogP contribution in [0.15, 0.2) is 155 Å². The summed E-state index contributed by atoms with van der Waals surface area (Å²) in [5, 5.41) is -2.39. The van der Waals surface area contributed by atoms with Gasteiger partial charge in [0.1, 0.15) is 11.2 Å². The third-order valence-corrected chi connectivity index (χ3v) is 12.3. The first-order valence-electron chi connectivity index (χ1n) is 36.1. The molecule has 2 heteroatoms. The number of hydrogen-bond acceptors (Lipinski definition) is 2. The average Bonchev–Trinajstić information content (AvgIpc) is 1.48. The molecule has 1 aliphatic carbocycles. The van der Waals surface area contributed by atoms with Gasteiger partial charge < -0.3 is 9.32 Å². The summed E-state index contributed by atoms with van der Waals surface area (Å²) in [5.74, 6) is 0. The molecule has 0 unspecified atom stereocenters. The largest absolute Gasteiger partial charge is 0.455 e. The van der Waals surface area contributed by atoms with E-state index in [9.17, 15) is 26.0 Å². The van der Waals surface area contributed by atoms with Gasteiger partial charge in [0.25, 0.3) is 0 Å². The third kappa shape index (κ3) is 6.22. The minimum atomic E-state index is -3.79. The van der Waals surface area contributed by atoms with E-state index in [1.165, 1.54) is 41.5 Å². The lowest BCUT2D eigenvalue weighted by Gasteiger charge is -2.34. The second kappa shape index (κ2) is 15.0. The van der Waals surface area contributed by atoms with E-state index in [0.29, 0.717) is 0 Å². The Morgan fingerprint density at radius 3 is 1.82 bits per heavy atom. The molecule has 65 heavy (non-hydrogen) atoms. The number of furan rings is 1. The number of fused-ring (bicyclic) bond motifs is 8. The van der Waals surface area contributed by atoms with E-state index in [1.54, 1.807) is 13.8 Å². The van der Waals surface area contributed by atoms with Gasteiger partial charge in [-0.2, -0.15) is 0 Å². The fraction of sp³-hybridized carbons (Fsp3) is 0.175. The van der Waals surface area contributed by atoms with Gasteiger partial charge in [-0.15, -0.1) is 0 Å². The van der Waals surface area contributed by atoms with Crippen LogP contribution in [0.2, 0.25) is 0 Å². The Labute approximate surface area is 427 Å². The van der Waals surface area contributed by atoms with Gasteiger partial charge in [0, 0.05) is 40.9 Å². The van der Waals surface area contributed by atoms with Crippen LogP contribution in [0.4, 0.5) is 17.1 Å². The van der Waals surface area contributed by atoms with Gasteiger partial charge in [-0.25, -0.2) is 0 Å². The minimum absolute atomic E-state index is 0.0228. The van der Waals surface area contributed by atoms with Gasteiger partial charge in [0.15, 0.2) is 0 Å². The highest BCUT2D eigenvalue weighted by atomic mass is 16.3. The molecule has 0 saturated carbocycles. The lowest BCUT2D eigenvalue weighted by molar-refractivity contribution is 0.659. The van der Waals surface area contributed by atoms with Crippen molar-refractivity contribution >= 4 is 49.8 Å². The van der Waals surface area contributed by atoms with Crippen LogP contribution in [0.25, 0.3) is 77.2 Å². The summed E-state index contributed by atoms with van der Waals surface area (Å²) in [6.07, 6.45) is 0. The van der Waals surface area contributed by atoms with E-state index >= 15 is 0 Å². The van der Waals surface area contributed by atoms with Crippen LogP contribution < -0.4 is 4.90 Å². The van der Waals surface area contributed by atoms with E-state index in [0.717, 1.165) is 4.90 Å². The Balaban J connectivity index is 1.41. The first kappa shape index (κ1) is 19.1. The van der Waals surface area contributed by atoms with Crippen LogP contribution in [-0.4, -0.2) is 0 Å². The topological polar surface area (TPSA) is 16.4 Å². The molecule has 0 N–H and O–H groups in total. The maximum absolute atomic E-state index is 10.8. The molecule has 0 radical (unpaired) electrons. The lowest BCUT2D eigenvalue weighted by Crippen LogP contribution is -2.19. The van der Waals surface area contributed by atoms with Gasteiger partial charge in [-0.05, 0) is 180 Å². The number of rotatable bonds is 6. The molecule has 1 aliphatic rings. The van der Waals surface area contributed by atoms with Crippen LogP contribution >= 0.6 is 0 Å². The number of benzene rings is 9. The van der Waals surface area contributed by atoms with E-state index in [4.69, 9.17) is 20.9 Å². The average molecular weight is 873 g/mol. The van der Waals surface area contributed by atoms with Crippen molar-refractivity contribution in [2.75, 3.05) is 4.90 Å². The highest BCUT2D eigenvalue weighted by Gasteiger charge is 2.38. The molecule has 0 atom stereocenters. The maximum Gasteiger partial charge on any atom is 0.143 e. The number of hydrogen-bond donors (Lipinski definition) is 0. The molecular weight excluding hydrogens is 787 g/mol. The number of anilines is 3. The molecule has 1 aromatic heterocycles. The van der Waals surface area contributed by atoms with Crippen molar-refractivity contribution in [1.82, 2.24) is 0 Å². The molecule has 11 rings (SSSR count). The van der Waals surface area contributed by atoms with Crippen LogP contribution in [0, 0.1) is 55.4 Å². The monoisotopic (exact) mass is 873 g/mol. The Morgan fingerprint density at radius 2 is 1.11 bits per heavy atom. The number of nitrogens with zero attached hydrogens (tertiary/aromatic N) is 1. The second-order valence-corrected chi connectivity index (χ2v) is 16.3. The van der Waals surface area contributed by atoms with E-state index in [1.807, 2.05) is 0 Å². The highest BCUT2D eigenvalue weighted by molar-refractivity contribution is 6.20. The summed E-state index contributed by atoms with van der Waals surface area (Å²) in [5.41, 5.74) is -10.4. The van der Waals surface area contributed by atoms with Crippen molar-refractivity contribution in [1.29, 1.82) is 0 Å². The summed E-state index contributed by atoms with van der Waals surface area (Å²) in [7, 11) is 0. The van der Waals surface area contributed by atoms with Crippen molar-refractivity contribution in [2.24, 2.45) is 0 Å². The lowest BCUT2D eigenvalue weighted by atomic mass is 9.81. The molecular formula is C63H55NO. The smallest absolute Gasteiger partial charge is 0.143 e. The first-order chi connectivity index (χ1) is 44.3. The molecule has 10 aromatic rings. The van der Waals surface area contributed by atoms with Crippen LogP contribution in [-0.2, 0) is 5.41 Å². The molecule has 0 aliphatic heterocycles. The minimum Gasteiger partial charge on any atom is -0.455 e. The van der Waals surface area contributed by atoms with Crippen molar-refractivity contribution in [3.63, 3.8) is 0 Å². The standard InChI is InChI=1S/C63H55NO/c1-36-25-27-50-55(29-36)63(9,10)56-34-47(30-39(4)59(50)56)64(61-42(7)40(5)60(41(6)43(61)8)52-32-37(2)51(31-38(52)3)45-21-15-12-16-22-45)57-35-54-53-33-46(44-19-13-11-14-20-44)26-28-58(53)65-62(54)49-24-18-17-23-48(49)57/h11-35H,1-10H3/i9D3,10D3,11D,12D,13D,14D,15D,16D,17D,18D,19D,20D,21D,22D,23D,24D,25D,26D,27D,28D,29D,30D,31D,32D,33D,34D,35D. The fourth-order valence-electron chi connectivity index (χ4n) is 9.06. The molecule has 0 bridgehead atoms. The van der Waals surface area contributed by atoms with Gasteiger partial charge in [-0.1, -0.05) is 140 Å². The Morgan fingerprint density at radius 1 is 0.462 bits per heavy atom. The zero-order valence-corrected chi connectivity index (χ0v) is 36.4. The van der Waals surface area contributed by atoms with Gasteiger partial charge in [-0.3, -0.25) is 0 Å². The van der Waals surface area contributed by atoms with Gasteiger partial charge in [0.05, 0.1) is 45.6 Å². The van der Waals surface area contributed by atoms with Gasteiger partial charge in [0.2, 0.25) is 0 Å². The summed E-state index contributed by atoms with van der Waals surface area (Å²) in [6.45, 7) is 4.01. The summed E-state index contributed by atoms with van der Waals surface area (Å²) < 4.78 is 294. The second-order valence-electron chi connectivity index (χ2n) is 16.3. The van der Waals surface area contributed by atoms with Crippen molar-refractivity contribution in [3.05, 3.63) is 207 Å². The van der Waals surface area contributed by atoms with Crippen LogP contribution in [0.5, 0.6) is 0 Å². The molecule has 0 fully saturated rings. The molecule has 318 valence electrons. The zero-order valence-electron chi connectivity index (χ0n) is 67.4.